The first-order valence-corrected chi connectivity index (χ1v) is 7.05. The molecule has 19 heavy (non-hydrogen) atoms. The molecule has 1 aliphatic heterocycles. The standard InChI is InChI=1S/C15H24N2O2/c1-3-12-4-5-15(18-2)14(10-12)17-7-6-13-11-19-9-8-16-13/h4-5,10,13,16-17H,3,6-9,11H2,1-2H3. The van der Waals surface area contributed by atoms with Gasteiger partial charge in [0.1, 0.15) is 5.75 Å². The van der Waals surface area contributed by atoms with Crippen LogP contribution < -0.4 is 15.4 Å². The highest BCUT2D eigenvalue weighted by Gasteiger charge is 2.12. The van der Waals surface area contributed by atoms with Crippen LogP contribution in [0.2, 0.25) is 0 Å². The highest BCUT2D eigenvalue weighted by Crippen LogP contribution is 2.25. The zero-order valence-corrected chi connectivity index (χ0v) is 11.9. The van der Waals surface area contributed by atoms with E-state index in [2.05, 4.69) is 29.7 Å². The Bertz CT molecular complexity index is 390. The van der Waals surface area contributed by atoms with E-state index < -0.39 is 0 Å². The van der Waals surface area contributed by atoms with Gasteiger partial charge in [-0.05, 0) is 30.5 Å². The Morgan fingerprint density at radius 1 is 1.47 bits per heavy atom. The molecule has 2 rings (SSSR count). The number of hydrogen-bond acceptors (Lipinski definition) is 4. The van der Waals surface area contributed by atoms with Gasteiger partial charge >= 0.3 is 0 Å². The van der Waals surface area contributed by atoms with Gasteiger partial charge in [0.25, 0.3) is 0 Å². The SMILES string of the molecule is CCc1ccc(OC)c(NCCC2COCCN2)c1. The zero-order valence-electron chi connectivity index (χ0n) is 11.9. The molecule has 1 saturated heterocycles. The number of morpholine rings is 1. The molecular formula is C15H24N2O2. The molecule has 1 aliphatic rings. The molecular weight excluding hydrogens is 240 g/mol. The van der Waals surface area contributed by atoms with Gasteiger partial charge in [0.15, 0.2) is 0 Å². The van der Waals surface area contributed by atoms with Crippen LogP contribution in [0, 0.1) is 0 Å². The van der Waals surface area contributed by atoms with Gasteiger partial charge in [-0.2, -0.15) is 0 Å². The third-order valence-corrected chi connectivity index (χ3v) is 3.48. The second-order valence-electron chi connectivity index (χ2n) is 4.83. The Morgan fingerprint density at radius 2 is 2.37 bits per heavy atom. The van der Waals surface area contributed by atoms with Gasteiger partial charge in [0, 0.05) is 19.1 Å². The number of benzene rings is 1. The Morgan fingerprint density at radius 3 is 3.05 bits per heavy atom. The van der Waals surface area contributed by atoms with Gasteiger partial charge in [0.05, 0.1) is 26.0 Å². The summed E-state index contributed by atoms with van der Waals surface area (Å²) in [6, 6.07) is 6.77. The van der Waals surface area contributed by atoms with Crippen LogP contribution in [0.4, 0.5) is 5.69 Å². The molecule has 0 aliphatic carbocycles. The minimum absolute atomic E-state index is 0.460. The van der Waals surface area contributed by atoms with Gasteiger partial charge < -0.3 is 20.1 Å². The van der Waals surface area contributed by atoms with Crippen molar-refractivity contribution in [2.45, 2.75) is 25.8 Å². The molecule has 1 heterocycles. The van der Waals surface area contributed by atoms with Crippen molar-refractivity contribution in [3.8, 4) is 5.75 Å². The second kappa shape index (κ2) is 7.36. The minimum Gasteiger partial charge on any atom is -0.495 e. The molecule has 1 aromatic rings. The van der Waals surface area contributed by atoms with E-state index in [9.17, 15) is 0 Å². The first kappa shape index (κ1) is 14.2. The number of nitrogens with one attached hydrogen (secondary N) is 2. The second-order valence-corrected chi connectivity index (χ2v) is 4.83. The molecule has 0 spiro atoms. The number of aryl methyl sites for hydroxylation is 1. The molecule has 1 aromatic carbocycles. The van der Waals surface area contributed by atoms with Crippen molar-refractivity contribution >= 4 is 5.69 Å². The molecule has 0 saturated carbocycles. The number of rotatable bonds is 6. The molecule has 106 valence electrons. The van der Waals surface area contributed by atoms with E-state index in [0.717, 1.165) is 50.6 Å². The lowest BCUT2D eigenvalue weighted by Gasteiger charge is -2.24. The quantitative estimate of drug-likeness (QED) is 0.825. The third-order valence-electron chi connectivity index (χ3n) is 3.48. The van der Waals surface area contributed by atoms with Gasteiger partial charge in [-0.25, -0.2) is 0 Å². The summed E-state index contributed by atoms with van der Waals surface area (Å²) in [4.78, 5) is 0. The molecule has 1 fully saturated rings. The maximum atomic E-state index is 5.45. The van der Waals surface area contributed by atoms with Crippen LogP contribution in [0.5, 0.6) is 5.75 Å². The zero-order chi connectivity index (χ0) is 13.5. The van der Waals surface area contributed by atoms with Gasteiger partial charge in [0.2, 0.25) is 0 Å². The van der Waals surface area contributed by atoms with Gasteiger partial charge in [-0.15, -0.1) is 0 Å². The molecule has 0 radical (unpaired) electrons. The number of ether oxygens (including phenoxy) is 2. The normalized spacial score (nSPS) is 19.2. The highest BCUT2D eigenvalue weighted by atomic mass is 16.5. The molecule has 0 amide bonds. The van der Waals surface area contributed by atoms with Crippen molar-refractivity contribution in [3.63, 3.8) is 0 Å². The molecule has 0 aromatic heterocycles. The topological polar surface area (TPSA) is 42.5 Å². The molecule has 1 unspecified atom stereocenters. The van der Waals surface area contributed by atoms with E-state index in [-0.39, 0.29) is 0 Å². The third kappa shape index (κ3) is 4.11. The first-order valence-electron chi connectivity index (χ1n) is 7.05. The van der Waals surface area contributed by atoms with Crippen molar-refractivity contribution in [3.05, 3.63) is 23.8 Å². The Kier molecular flexibility index (Phi) is 5.48. The molecule has 1 atom stereocenters. The maximum absolute atomic E-state index is 5.45. The van der Waals surface area contributed by atoms with E-state index in [1.54, 1.807) is 7.11 Å². The van der Waals surface area contributed by atoms with Crippen molar-refractivity contribution in [2.24, 2.45) is 0 Å². The van der Waals surface area contributed by atoms with Gasteiger partial charge in [-0.3, -0.25) is 0 Å². The molecule has 2 N–H and O–H groups in total. The van der Waals surface area contributed by atoms with Crippen LogP contribution in [-0.4, -0.2) is 39.5 Å². The summed E-state index contributed by atoms with van der Waals surface area (Å²) in [5.41, 5.74) is 2.40. The van der Waals surface area contributed by atoms with Crippen LogP contribution in [0.1, 0.15) is 18.9 Å². The predicted molar refractivity (Wildman–Crippen MR) is 78.1 cm³/mol. The van der Waals surface area contributed by atoms with Crippen LogP contribution in [0.15, 0.2) is 18.2 Å². The Hall–Kier alpha value is -1.26. The summed E-state index contributed by atoms with van der Waals surface area (Å²) in [5, 5.41) is 6.93. The fraction of sp³-hybridized carbons (Fsp3) is 0.600. The lowest BCUT2D eigenvalue weighted by atomic mass is 10.1. The molecule has 0 bridgehead atoms. The first-order chi connectivity index (χ1) is 9.33. The Balaban J connectivity index is 1.86. The lowest BCUT2D eigenvalue weighted by Crippen LogP contribution is -2.42. The number of hydrogen-bond donors (Lipinski definition) is 2. The largest absolute Gasteiger partial charge is 0.495 e. The number of anilines is 1. The fourth-order valence-electron chi connectivity index (χ4n) is 2.30. The molecule has 4 nitrogen and oxygen atoms in total. The minimum atomic E-state index is 0.460. The average molecular weight is 264 g/mol. The van der Waals surface area contributed by atoms with Crippen LogP contribution in [0.25, 0.3) is 0 Å². The van der Waals surface area contributed by atoms with Crippen molar-refractivity contribution < 1.29 is 9.47 Å². The molecule has 4 heteroatoms. The summed E-state index contributed by atoms with van der Waals surface area (Å²) in [7, 11) is 1.71. The van der Waals surface area contributed by atoms with Crippen LogP contribution >= 0.6 is 0 Å². The predicted octanol–water partition coefficient (Wildman–Crippen LogP) is 2.05. The summed E-state index contributed by atoms with van der Waals surface area (Å²) in [6.45, 7) is 5.68. The lowest BCUT2D eigenvalue weighted by molar-refractivity contribution is 0.0753. The highest BCUT2D eigenvalue weighted by molar-refractivity contribution is 5.58. The monoisotopic (exact) mass is 264 g/mol. The van der Waals surface area contributed by atoms with Crippen molar-refractivity contribution in [1.29, 1.82) is 0 Å². The Labute approximate surface area is 115 Å². The summed E-state index contributed by atoms with van der Waals surface area (Å²) in [5.74, 6) is 0.907. The number of methoxy groups -OCH3 is 1. The summed E-state index contributed by atoms with van der Waals surface area (Å²) in [6.07, 6.45) is 2.09. The van der Waals surface area contributed by atoms with Crippen molar-refractivity contribution in [2.75, 3.05) is 38.7 Å². The van der Waals surface area contributed by atoms with E-state index in [0.29, 0.717) is 6.04 Å². The van der Waals surface area contributed by atoms with E-state index in [1.165, 1.54) is 5.56 Å². The van der Waals surface area contributed by atoms with Crippen LogP contribution in [-0.2, 0) is 11.2 Å². The summed E-state index contributed by atoms with van der Waals surface area (Å²) < 4.78 is 10.8. The van der Waals surface area contributed by atoms with Crippen molar-refractivity contribution in [1.82, 2.24) is 5.32 Å². The van der Waals surface area contributed by atoms with E-state index in [4.69, 9.17) is 9.47 Å². The van der Waals surface area contributed by atoms with Crippen LogP contribution in [0.3, 0.4) is 0 Å². The van der Waals surface area contributed by atoms with E-state index in [1.807, 2.05) is 6.07 Å². The maximum Gasteiger partial charge on any atom is 0.141 e. The van der Waals surface area contributed by atoms with Gasteiger partial charge in [-0.1, -0.05) is 13.0 Å². The van der Waals surface area contributed by atoms with E-state index >= 15 is 0 Å². The summed E-state index contributed by atoms with van der Waals surface area (Å²) >= 11 is 0. The smallest absolute Gasteiger partial charge is 0.141 e. The fourth-order valence-corrected chi connectivity index (χ4v) is 2.30. The average Bonchev–Trinajstić information content (AvgIpc) is 2.48.